The predicted molar refractivity (Wildman–Crippen MR) is 52.2 cm³/mol. The fourth-order valence-corrected chi connectivity index (χ4v) is 1.21. The second kappa shape index (κ2) is 4.81. The molecule has 0 aliphatic rings. The van der Waals surface area contributed by atoms with Crippen molar-refractivity contribution in [2.75, 3.05) is 20.7 Å². The number of halogens is 1. The molecule has 0 saturated carbocycles. The number of methoxy groups -OCH3 is 1. The molecule has 0 amide bonds. The summed E-state index contributed by atoms with van der Waals surface area (Å²) in [7, 11) is 3.17. The third-order valence-corrected chi connectivity index (χ3v) is 2.03. The summed E-state index contributed by atoms with van der Waals surface area (Å²) in [5.41, 5.74) is 0.581. The predicted octanol–water partition coefficient (Wildman–Crippen LogP) is 1.30. The quantitative estimate of drug-likeness (QED) is 0.768. The molecule has 0 atom stereocenters. The van der Waals surface area contributed by atoms with Gasteiger partial charge >= 0.3 is 0 Å². The molecule has 78 valence electrons. The van der Waals surface area contributed by atoms with Gasteiger partial charge in [-0.3, -0.25) is 0 Å². The number of hydrogen-bond donors (Lipinski definition) is 2. The lowest BCUT2D eigenvalue weighted by atomic mass is 10.1. The molecule has 1 rings (SSSR count). The van der Waals surface area contributed by atoms with E-state index in [2.05, 4.69) is 5.32 Å². The molecule has 0 radical (unpaired) electrons. The molecule has 0 unspecified atom stereocenters. The van der Waals surface area contributed by atoms with Crippen molar-refractivity contribution in [1.29, 1.82) is 0 Å². The summed E-state index contributed by atoms with van der Waals surface area (Å²) in [6, 6.07) is 3.18. The van der Waals surface area contributed by atoms with Gasteiger partial charge in [0.25, 0.3) is 0 Å². The van der Waals surface area contributed by atoms with Gasteiger partial charge < -0.3 is 15.2 Å². The second-order valence-corrected chi connectivity index (χ2v) is 2.94. The Morgan fingerprint density at radius 2 is 2.21 bits per heavy atom. The molecule has 4 heteroatoms. The Hall–Kier alpha value is -1.29. The maximum absolute atomic E-state index is 13.3. The highest BCUT2D eigenvalue weighted by Crippen LogP contribution is 2.29. The van der Waals surface area contributed by atoms with E-state index in [-0.39, 0.29) is 11.5 Å². The molecule has 0 bridgehead atoms. The molecule has 1 aromatic carbocycles. The zero-order valence-corrected chi connectivity index (χ0v) is 8.30. The Labute approximate surface area is 82.5 Å². The van der Waals surface area contributed by atoms with Crippen LogP contribution < -0.4 is 10.1 Å². The van der Waals surface area contributed by atoms with E-state index in [9.17, 15) is 9.50 Å². The smallest absolute Gasteiger partial charge is 0.206 e. The Kier molecular flexibility index (Phi) is 3.71. The molecule has 0 aliphatic heterocycles. The van der Waals surface area contributed by atoms with Crippen LogP contribution in [0.25, 0.3) is 0 Å². The van der Waals surface area contributed by atoms with Crippen LogP contribution in [0.3, 0.4) is 0 Å². The van der Waals surface area contributed by atoms with E-state index in [1.165, 1.54) is 13.2 Å². The number of ether oxygens (including phenoxy) is 1. The Morgan fingerprint density at radius 3 is 2.79 bits per heavy atom. The van der Waals surface area contributed by atoms with Gasteiger partial charge in [-0.1, -0.05) is 6.07 Å². The summed E-state index contributed by atoms with van der Waals surface area (Å²) in [5, 5.41) is 12.4. The van der Waals surface area contributed by atoms with Crippen molar-refractivity contribution in [2.24, 2.45) is 0 Å². The van der Waals surface area contributed by atoms with Crippen molar-refractivity contribution in [2.45, 2.75) is 6.42 Å². The van der Waals surface area contributed by atoms with E-state index in [0.29, 0.717) is 18.5 Å². The minimum absolute atomic E-state index is 0.0655. The summed E-state index contributed by atoms with van der Waals surface area (Å²) in [4.78, 5) is 0. The van der Waals surface area contributed by atoms with E-state index in [1.54, 1.807) is 13.1 Å². The lowest BCUT2D eigenvalue weighted by molar-refractivity contribution is 0.362. The van der Waals surface area contributed by atoms with Crippen molar-refractivity contribution in [3.63, 3.8) is 0 Å². The lowest BCUT2D eigenvalue weighted by Crippen LogP contribution is -2.10. The van der Waals surface area contributed by atoms with E-state index in [0.717, 1.165) is 0 Å². The number of benzene rings is 1. The summed E-state index contributed by atoms with van der Waals surface area (Å²) < 4.78 is 18.0. The molecule has 1 aromatic rings. The number of nitrogens with one attached hydrogen (secondary N) is 1. The average molecular weight is 199 g/mol. The first-order chi connectivity index (χ1) is 6.70. The summed E-state index contributed by atoms with van der Waals surface area (Å²) >= 11 is 0. The first-order valence-electron chi connectivity index (χ1n) is 4.39. The molecule has 0 spiro atoms. The topological polar surface area (TPSA) is 41.5 Å². The van der Waals surface area contributed by atoms with Gasteiger partial charge in [0, 0.05) is 0 Å². The van der Waals surface area contributed by atoms with Crippen molar-refractivity contribution in [3.8, 4) is 11.5 Å². The highest BCUT2D eigenvalue weighted by molar-refractivity contribution is 5.41. The number of rotatable bonds is 4. The highest BCUT2D eigenvalue weighted by atomic mass is 19.1. The van der Waals surface area contributed by atoms with E-state index < -0.39 is 5.82 Å². The minimum Gasteiger partial charge on any atom is -0.505 e. The zero-order valence-electron chi connectivity index (χ0n) is 8.30. The molecule has 14 heavy (non-hydrogen) atoms. The van der Waals surface area contributed by atoms with Gasteiger partial charge in [-0.15, -0.1) is 0 Å². The van der Waals surface area contributed by atoms with Gasteiger partial charge in [-0.25, -0.2) is 0 Å². The zero-order chi connectivity index (χ0) is 10.6. The van der Waals surface area contributed by atoms with Crippen molar-refractivity contribution in [1.82, 2.24) is 5.32 Å². The molecule has 0 fully saturated rings. The molecule has 3 nitrogen and oxygen atoms in total. The second-order valence-electron chi connectivity index (χ2n) is 2.94. The van der Waals surface area contributed by atoms with E-state index in [1.807, 2.05) is 0 Å². The Balaban J connectivity index is 2.92. The van der Waals surface area contributed by atoms with Gasteiger partial charge in [0.2, 0.25) is 5.82 Å². The molecule has 2 N–H and O–H groups in total. The van der Waals surface area contributed by atoms with Gasteiger partial charge in [0.05, 0.1) is 7.11 Å². The molecular weight excluding hydrogens is 185 g/mol. The SMILES string of the molecule is CNCCc1ccc(OC)c(F)c1O. The Morgan fingerprint density at radius 1 is 1.50 bits per heavy atom. The third kappa shape index (κ3) is 2.14. The third-order valence-electron chi connectivity index (χ3n) is 2.03. The lowest BCUT2D eigenvalue weighted by Gasteiger charge is -2.08. The standard InChI is InChI=1S/C10H14FNO2/c1-12-6-5-7-3-4-8(14-2)9(11)10(7)13/h3-4,12-13H,5-6H2,1-2H3. The van der Waals surface area contributed by atoms with Crippen LogP contribution >= 0.6 is 0 Å². The Bertz CT molecular complexity index is 315. The fraction of sp³-hybridized carbons (Fsp3) is 0.400. The summed E-state index contributed by atoms with van der Waals surface area (Å²) in [6.45, 7) is 0.694. The maximum atomic E-state index is 13.3. The monoisotopic (exact) mass is 199 g/mol. The highest BCUT2D eigenvalue weighted by Gasteiger charge is 2.11. The molecule has 0 aliphatic carbocycles. The minimum atomic E-state index is -0.693. The number of phenolic OH excluding ortho intramolecular Hbond substituents is 1. The van der Waals surface area contributed by atoms with Crippen LogP contribution in [0.15, 0.2) is 12.1 Å². The summed E-state index contributed by atoms with van der Waals surface area (Å²) in [5.74, 6) is -0.948. The van der Waals surface area contributed by atoms with Crippen molar-refractivity contribution in [3.05, 3.63) is 23.5 Å². The van der Waals surface area contributed by atoms with Gasteiger partial charge in [0.1, 0.15) is 0 Å². The number of likely N-dealkylation sites (N-methyl/N-ethyl adjacent to an activating group) is 1. The van der Waals surface area contributed by atoms with Crippen molar-refractivity contribution >= 4 is 0 Å². The van der Waals surface area contributed by atoms with Gasteiger partial charge in [-0.2, -0.15) is 4.39 Å². The molecule has 0 heterocycles. The summed E-state index contributed by atoms with van der Waals surface area (Å²) in [6.07, 6.45) is 0.587. The number of hydrogen-bond acceptors (Lipinski definition) is 3. The average Bonchev–Trinajstić information content (AvgIpc) is 2.20. The van der Waals surface area contributed by atoms with E-state index in [4.69, 9.17) is 4.74 Å². The van der Waals surface area contributed by atoms with E-state index >= 15 is 0 Å². The van der Waals surface area contributed by atoms with Crippen LogP contribution in [0.2, 0.25) is 0 Å². The molecular formula is C10H14FNO2. The van der Waals surface area contributed by atoms with Crippen LogP contribution in [0.4, 0.5) is 4.39 Å². The number of aromatic hydroxyl groups is 1. The molecule has 0 aromatic heterocycles. The van der Waals surface area contributed by atoms with Crippen LogP contribution in [0.1, 0.15) is 5.56 Å². The largest absolute Gasteiger partial charge is 0.505 e. The van der Waals surface area contributed by atoms with Gasteiger partial charge in [0.15, 0.2) is 11.5 Å². The van der Waals surface area contributed by atoms with Crippen LogP contribution in [0, 0.1) is 5.82 Å². The molecule has 0 saturated heterocycles. The van der Waals surface area contributed by atoms with Crippen LogP contribution in [-0.4, -0.2) is 25.8 Å². The number of phenols is 1. The van der Waals surface area contributed by atoms with Crippen LogP contribution in [0.5, 0.6) is 11.5 Å². The fourth-order valence-electron chi connectivity index (χ4n) is 1.21. The maximum Gasteiger partial charge on any atom is 0.206 e. The van der Waals surface area contributed by atoms with Crippen LogP contribution in [-0.2, 0) is 6.42 Å². The van der Waals surface area contributed by atoms with Gasteiger partial charge in [-0.05, 0) is 31.6 Å². The first-order valence-corrected chi connectivity index (χ1v) is 4.39. The van der Waals surface area contributed by atoms with Crippen molar-refractivity contribution < 1.29 is 14.2 Å². The normalized spacial score (nSPS) is 10.2. The first kappa shape index (κ1) is 10.8.